The van der Waals surface area contributed by atoms with Crippen LogP contribution in [0.25, 0.3) is 0 Å². The fraction of sp³-hybridized carbons (Fsp3) is 0.364. The van der Waals surface area contributed by atoms with Gasteiger partial charge in [-0.3, -0.25) is 14.4 Å². The van der Waals surface area contributed by atoms with Gasteiger partial charge in [-0.2, -0.15) is 0 Å². The number of aryl methyl sites for hydroxylation is 1. The predicted molar refractivity (Wildman–Crippen MR) is 156 cm³/mol. The van der Waals surface area contributed by atoms with Crippen molar-refractivity contribution < 1.29 is 28.2 Å². The highest BCUT2D eigenvalue weighted by atomic mass is 19.1. The van der Waals surface area contributed by atoms with Crippen LogP contribution in [0, 0.1) is 5.82 Å². The molecule has 9 heteroatoms. The van der Waals surface area contributed by atoms with Gasteiger partial charge in [-0.1, -0.05) is 30.3 Å². The Bertz CT molecular complexity index is 1460. The van der Waals surface area contributed by atoms with E-state index in [0.29, 0.717) is 56.0 Å². The highest BCUT2D eigenvalue weighted by molar-refractivity contribution is 5.94. The number of methoxy groups -OCH3 is 1. The van der Waals surface area contributed by atoms with Gasteiger partial charge in [-0.15, -0.1) is 0 Å². The van der Waals surface area contributed by atoms with Crippen LogP contribution in [0.3, 0.4) is 0 Å². The van der Waals surface area contributed by atoms with E-state index in [-0.39, 0.29) is 47.9 Å². The summed E-state index contributed by atoms with van der Waals surface area (Å²) >= 11 is 0. The van der Waals surface area contributed by atoms with Crippen LogP contribution in [-0.4, -0.2) is 49.4 Å². The third-order valence-electron chi connectivity index (χ3n) is 7.94. The lowest BCUT2D eigenvalue weighted by Crippen LogP contribution is -2.36. The van der Waals surface area contributed by atoms with Gasteiger partial charge >= 0.3 is 0 Å². The Morgan fingerprint density at radius 1 is 1.00 bits per heavy atom. The topological polar surface area (TPSA) is 97.0 Å². The molecule has 220 valence electrons. The molecule has 0 saturated heterocycles. The summed E-state index contributed by atoms with van der Waals surface area (Å²) in [6, 6.07) is 17.5. The molecule has 0 radical (unpaired) electrons. The number of nitrogens with one attached hydrogen (secondary N) is 2. The largest absolute Gasteiger partial charge is 0.493 e. The van der Waals surface area contributed by atoms with Crippen molar-refractivity contribution in [2.24, 2.45) is 0 Å². The van der Waals surface area contributed by atoms with Crippen LogP contribution >= 0.6 is 0 Å². The minimum atomic E-state index is -0.515. The Kier molecular flexibility index (Phi) is 9.36. The van der Waals surface area contributed by atoms with Gasteiger partial charge in [0.2, 0.25) is 11.8 Å². The molecule has 1 unspecified atom stereocenters. The minimum Gasteiger partial charge on any atom is -0.493 e. The molecule has 3 aromatic carbocycles. The molecule has 0 saturated carbocycles. The van der Waals surface area contributed by atoms with E-state index in [0.717, 1.165) is 12.8 Å². The maximum absolute atomic E-state index is 14.8. The molecule has 3 aromatic rings. The monoisotopic (exact) mass is 573 g/mol. The fourth-order valence-electron chi connectivity index (χ4n) is 5.66. The van der Waals surface area contributed by atoms with E-state index in [1.165, 1.54) is 30.4 Å². The summed E-state index contributed by atoms with van der Waals surface area (Å²) in [5, 5.41) is 5.70. The lowest BCUT2D eigenvalue weighted by atomic mass is 9.97. The molecule has 2 bridgehead atoms. The van der Waals surface area contributed by atoms with Crippen LogP contribution < -0.4 is 20.1 Å². The van der Waals surface area contributed by atoms with Gasteiger partial charge in [-0.05, 0) is 73.1 Å². The lowest BCUT2D eigenvalue weighted by molar-refractivity contribution is -0.132. The number of halogens is 1. The average molecular weight is 574 g/mol. The van der Waals surface area contributed by atoms with Gasteiger partial charge in [0.1, 0.15) is 11.6 Å². The summed E-state index contributed by atoms with van der Waals surface area (Å²) < 4.78 is 26.2. The first-order valence-corrected chi connectivity index (χ1v) is 14.5. The second-order valence-corrected chi connectivity index (χ2v) is 10.7. The van der Waals surface area contributed by atoms with E-state index in [9.17, 15) is 18.8 Å². The van der Waals surface area contributed by atoms with E-state index in [1.54, 1.807) is 29.2 Å². The van der Waals surface area contributed by atoms with Gasteiger partial charge in [0, 0.05) is 50.1 Å². The van der Waals surface area contributed by atoms with Crippen LogP contribution in [0.5, 0.6) is 17.2 Å². The van der Waals surface area contributed by atoms with Crippen molar-refractivity contribution in [3.8, 4) is 17.2 Å². The zero-order valence-electron chi connectivity index (χ0n) is 23.8. The number of hydrogen-bond acceptors (Lipinski definition) is 5. The van der Waals surface area contributed by atoms with Crippen molar-refractivity contribution in [2.45, 2.75) is 51.0 Å². The highest BCUT2D eigenvalue weighted by Crippen LogP contribution is 2.36. The highest BCUT2D eigenvalue weighted by Gasteiger charge is 2.26. The smallest absolute Gasteiger partial charge is 0.251 e. The third kappa shape index (κ3) is 6.90. The second-order valence-electron chi connectivity index (χ2n) is 10.7. The summed E-state index contributed by atoms with van der Waals surface area (Å²) in [4.78, 5) is 40.9. The molecule has 1 aliphatic carbocycles. The Hall–Kier alpha value is -4.40. The number of carbonyl (C=O) groups is 3. The summed E-state index contributed by atoms with van der Waals surface area (Å²) in [5.41, 5.74) is 3.13. The number of rotatable bonds is 3. The summed E-state index contributed by atoms with van der Waals surface area (Å²) in [7, 11) is 1.46. The second kappa shape index (κ2) is 13.5. The summed E-state index contributed by atoms with van der Waals surface area (Å²) in [6.45, 7) is 1.20. The molecule has 0 aromatic heterocycles. The number of ether oxygens (including phenoxy) is 2. The van der Waals surface area contributed by atoms with Gasteiger partial charge in [0.15, 0.2) is 11.5 Å². The van der Waals surface area contributed by atoms with Crippen molar-refractivity contribution in [3.05, 3.63) is 88.7 Å². The number of carbonyl (C=O) groups excluding carboxylic acids is 3. The zero-order chi connectivity index (χ0) is 29.5. The number of benzene rings is 3. The van der Waals surface area contributed by atoms with Gasteiger partial charge < -0.3 is 25.0 Å². The number of amides is 3. The first kappa shape index (κ1) is 29.1. The molecule has 1 atom stereocenters. The number of hydrogen-bond donors (Lipinski definition) is 2. The molecule has 2 aliphatic heterocycles. The van der Waals surface area contributed by atoms with Crippen molar-refractivity contribution in [1.29, 1.82) is 0 Å². The van der Waals surface area contributed by atoms with Gasteiger partial charge in [0.05, 0.1) is 7.11 Å². The van der Waals surface area contributed by atoms with Gasteiger partial charge in [-0.25, -0.2) is 4.39 Å². The van der Waals surface area contributed by atoms with Crippen LogP contribution in [-0.2, 0) is 22.6 Å². The van der Waals surface area contributed by atoms with E-state index in [2.05, 4.69) is 22.8 Å². The molecule has 3 aliphatic rings. The van der Waals surface area contributed by atoms with Crippen LogP contribution in [0.15, 0.2) is 60.7 Å². The van der Waals surface area contributed by atoms with Crippen molar-refractivity contribution >= 4 is 17.7 Å². The van der Waals surface area contributed by atoms with E-state index < -0.39 is 5.82 Å². The number of nitrogens with zero attached hydrogens (tertiary/aromatic N) is 1. The molecular weight excluding hydrogens is 537 g/mol. The molecule has 6 rings (SSSR count). The predicted octanol–water partition coefficient (Wildman–Crippen LogP) is 5.11. The van der Waals surface area contributed by atoms with Crippen LogP contribution in [0.2, 0.25) is 0 Å². The minimum absolute atomic E-state index is 0.0443. The lowest BCUT2D eigenvalue weighted by Gasteiger charge is -2.25. The fourth-order valence-corrected chi connectivity index (χ4v) is 5.66. The maximum Gasteiger partial charge on any atom is 0.251 e. The van der Waals surface area contributed by atoms with Gasteiger partial charge in [0.25, 0.3) is 5.91 Å². The molecule has 2 N–H and O–H groups in total. The molecule has 2 heterocycles. The number of fused-ring (bicyclic) bond motifs is 14. The standard InChI is InChI=1S/C33H36FN3O5/c1-41-30-19-24-14-15-29(30)42-28-10-4-9-27(34)26(28)21-36-31(38)11-5-17-37(18-6-16-35-33(24)40)32(39)20-23-13-12-22-7-2-3-8-25(22)23/h2-4,7-10,14-15,19,23H,5-6,11-13,16-18,20-21H2,1H3,(H,35,40)(H,36,38). The molecule has 8 nitrogen and oxygen atoms in total. The third-order valence-corrected chi connectivity index (χ3v) is 7.94. The molecule has 0 spiro atoms. The normalized spacial score (nSPS) is 18.0. The van der Waals surface area contributed by atoms with E-state index in [4.69, 9.17) is 9.47 Å². The van der Waals surface area contributed by atoms with Crippen molar-refractivity contribution in [2.75, 3.05) is 26.7 Å². The zero-order valence-corrected chi connectivity index (χ0v) is 23.8. The molecular formula is C33H36FN3O5. The Labute approximate surface area is 245 Å². The molecule has 0 fully saturated rings. The molecule has 3 amide bonds. The summed E-state index contributed by atoms with van der Waals surface area (Å²) in [5.74, 6) is 0.0432. The Balaban J connectivity index is 1.33. The molecule has 42 heavy (non-hydrogen) atoms. The maximum atomic E-state index is 14.8. The van der Waals surface area contributed by atoms with Crippen LogP contribution in [0.1, 0.15) is 65.1 Å². The SMILES string of the molecule is COc1cc2ccc1Oc1cccc(F)c1CNC(=O)CCCN(C(=O)CC1CCc3ccccc31)CCCNC2=O. The first-order valence-electron chi connectivity index (χ1n) is 14.5. The summed E-state index contributed by atoms with van der Waals surface area (Å²) in [6.07, 6.45) is 3.55. The first-order chi connectivity index (χ1) is 20.4. The average Bonchev–Trinajstić information content (AvgIpc) is 3.40. The van der Waals surface area contributed by atoms with E-state index >= 15 is 0 Å². The van der Waals surface area contributed by atoms with Crippen molar-refractivity contribution in [1.82, 2.24) is 15.5 Å². The Morgan fingerprint density at radius 3 is 2.69 bits per heavy atom. The van der Waals surface area contributed by atoms with Crippen LogP contribution in [0.4, 0.5) is 4.39 Å². The Morgan fingerprint density at radius 2 is 1.83 bits per heavy atom. The quantitative estimate of drug-likeness (QED) is 0.454. The van der Waals surface area contributed by atoms with E-state index in [1.807, 2.05) is 12.1 Å². The van der Waals surface area contributed by atoms with Crippen molar-refractivity contribution in [3.63, 3.8) is 0 Å².